The van der Waals surface area contributed by atoms with Gasteiger partial charge in [0, 0.05) is 6.04 Å². The van der Waals surface area contributed by atoms with Crippen LogP contribution in [0, 0.1) is 0 Å². The van der Waals surface area contributed by atoms with Crippen molar-refractivity contribution in [2.75, 3.05) is 0 Å². The van der Waals surface area contributed by atoms with Crippen molar-refractivity contribution in [1.29, 1.82) is 0 Å². The van der Waals surface area contributed by atoms with E-state index in [9.17, 15) is 0 Å². The van der Waals surface area contributed by atoms with Crippen LogP contribution < -0.4 is 5.73 Å². The van der Waals surface area contributed by atoms with Crippen molar-refractivity contribution in [2.24, 2.45) is 5.73 Å². The average Bonchev–Trinajstić information content (AvgIpc) is 2.37. The number of aromatic nitrogens is 2. The number of rotatable bonds is 2. The molecule has 1 atom stereocenters. The van der Waals surface area contributed by atoms with Crippen LogP contribution in [-0.4, -0.2) is 9.59 Å². The molecule has 1 aromatic rings. The van der Waals surface area contributed by atoms with E-state index in [1.54, 1.807) is 6.20 Å². The van der Waals surface area contributed by atoms with Crippen molar-refractivity contribution in [3.63, 3.8) is 0 Å². The van der Waals surface area contributed by atoms with E-state index in [0.717, 1.165) is 11.3 Å². The molecular weight excluding hydrogens is 134 g/mol. The largest absolute Gasteiger partial charge is 0.323 e. The van der Waals surface area contributed by atoms with Gasteiger partial charge in [-0.15, -0.1) is 5.10 Å². The lowest BCUT2D eigenvalue weighted by Crippen LogP contribution is -2.05. The molecule has 2 N–H and O–H groups in total. The highest BCUT2D eigenvalue weighted by Gasteiger charge is 2.03. The second-order valence-corrected chi connectivity index (χ2v) is 2.65. The number of hydrogen-bond acceptors (Lipinski definition) is 4. The van der Waals surface area contributed by atoms with E-state index in [0.29, 0.717) is 0 Å². The molecule has 0 aliphatic heterocycles. The summed E-state index contributed by atoms with van der Waals surface area (Å²) in [6.07, 6.45) is 2.67. The Labute approximate surface area is 58.1 Å². The first-order valence-electron chi connectivity index (χ1n) is 2.87. The molecule has 3 nitrogen and oxygen atoms in total. The van der Waals surface area contributed by atoms with E-state index < -0.39 is 0 Å². The van der Waals surface area contributed by atoms with Gasteiger partial charge in [0.2, 0.25) is 0 Å². The minimum Gasteiger partial charge on any atom is -0.323 e. The van der Waals surface area contributed by atoms with E-state index in [2.05, 4.69) is 9.59 Å². The van der Waals surface area contributed by atoms with E-state index in [1.807, 2.05) is 6.92 Å². The summed E-state index contributed by atoms with van der Waals surface area (Å²) in [5.74, 6) is 0. The Kier molecular flexibility index (Phi) is 2.13. The van der Waals surface area contributed by atoms with Gasteiger partial charge >= 0.3 is 0 Å². The predicted octanol–water partition coefficient (Wildman–Crippen LogP) is 0.948. The summed E-state index contributed by atoms with van der Waals surface area (Å²) < 4.78 is 3.70. The van der Waals surface area contributed by atoms with Gasteiger partial charge < -0.3 is 5.73 Å². The third-order valence-corrected chi connectivity index (χ3v) is 1.98. The van der Waals surface area contributed by atoms with Crippen molar-refractivity contribution >= 4 is 11.5 Å². The molecule has 0 bridgehead atoms. The molecule has 0 amide bonds. The maximum Gasteiger partial charge on any atom is 0.0669 e. The summed E-state index contributed by atoms with van der Waals surface area (Å²) in [6.45, 7) is 2.05. The van der Waals surface area contributed by atoms with Gasteiger partial charge in [-0.2, -0.15) is 0 Å². The molecule has 0 spiro atoms. The highest BCUT2D eigenvalue weighted by atomic mass is 32.1. The highest BCUT2D eigenvalue weighted by Crippen LogP contribution is 2.14. The lowest BCUT2D eigenvalue weighted by atomic mass is 10.2. The van der Waals surface area contributed by atoms with Crippen LogP contribution in [0.25, 0.3) is 0 Å². The van der Waals surface area contributed by atoms with Crippen molar-refractivity contribution in [2.45, 2.75) is 19.4 Å². The minimum atomic E-state index is 0.130. The highest BCUT2D eigenvalue weighted by molar-refractivity contribution is 7.05. The lowest BCUT2D eigenvalue weighted by Gasteiger charge is -2.00. The second-order valence-electron chi connectivity index (χ2n) is 1.83. The van der Waals surface area contributed by atoms with Crippen molar-refractivity contribution in [3.8, 4) is 0 Å². The van der Waals surface area contributed by atoms with Gasteiger partial charge in [0.25, 0.3) is 0 Å². The smallest absolute Gasteiger partial charge is 0.0669 e. The Hall–Kier alpha value is -0.480. The zero-order chi connectivity index (χ0) is 6.69. The topological polar surface area (TPSA) is 51.8 Å². The third-order valence-electron chi connectivity index (χ3n) is 1.18. The normalized spacial score (nSPS) is 13.6. The van der Waals surface area contributed by atoms with Crippen LogP contribution in [0.5, 0.6) is 0 Å². The summed E-state index contributed by atoms with van der Waals surface area (Å²) >= 11 is 1.37. The zero-order valence-electron chi connectivity index (χ0n) is 5.24. The standard InChI is InChI=1S/C5H9N3S/c1-2-4(6)5-3-7-8-9-5/h3-4H,2,6H2,1H3. The molecule has 0 aromatic carbocycles. The fourth-order valence-electron chi connectivity index (χ4n) is 0.539. The quantitative estimate of drug-likeness (QED) is 0.670. The summed E-state index contributed by atoms with van der Waals surface area (Å²) in [4.78, 5) is 1.07. The Morgan fingerprint density at radius 3 is 3.11 bits per heavy atom. The number of nitrogens with zero attached hydrogens (tertiary/aromatic N) is 2. The Balaban J connectivity index is 2.65. The van der Waals surface area contributed by atoms with E-state index in [1.165, 1.54) is 11.5 Å². The molecule has 9 heavy (non-hydrogen) atoms. The van der Waals surface area contributed by atoms with Crippen LogP contribution >= 0.6 is 11.5 Å². The summed E-state index contributed by atoms with van der Waals surface area (Å²) in [6, 6.07) is 0.130. The SMILES string of the molecule is CCC(N)c1cnns1. The van der Waals surface area contributed by atoms with Gasteiger partial charge in [0.05, 0.1) is 11.1 Å². The summed E-state index contributed by atoms with van der Waals surface area (Å²) in [5, 5.41) is 3.68. The van der Waals surface area contributed by atoms with Crippen molar-refractivity contribution < 1.29 is 0 Å². The molecule has 0 aliphatic rings. The van der Waals surface area contributed by atoms with Gasteiger partial charge in [-0.3, -0.25) is 0 Å². The molecule has 0 fully saturated rings. The van der Waals surface area contributed by atoms with Gasteiger partial charge in [0.15, 0.2) is 0 Å². The van der Waals surface area contributed by atoms with Crippen LogP contribution in [0.4, 0.5) is 0 Å². The molecule has 0 radical (unpaired) electrons. The fraction of sp³-hybridized carbons (Fsp3) is 0.600. The van der Waals surface area contributed by atoms with Crippen LogP contribution in [0.15, 0.2) is 6.20 Å². The first-order valence-corrected chi connectivity index (χ1v) is 3.64. The summed E-state index contributed by atoms with van der Waals surface area (Å²) in [7, 11) is 0. The molecule has 4 heteroatoms. The number of nitrogens with two attached hydrogens (primary N) is 1. The molecule has 1 aromatic heterocycles. The molecular formula is C5H9N3S. The molecule has 1 unspecified atom stereocenters. The summed E-state index contributed by atoms with van der Waals surface area (Å²) in [5.41, 5.74) is 5.67. The molecule has 1 heterocycles. The Bertz CT molecular complexity index is 161. The van der Waals surface area contributed by atoms with Crippen LogP contribution in [0.2, 0.25) is 0 Å². The van der Waals surface area contributed by atoms with E-state index in [4.69, 9.17) is 5.73 Å². The Morgan fingerprint density at radius 2 is 2.67 bits per heavy atom. The average molecular weight is 143 g/mol. The number of hydrogen-bond donors (Lipinski definition) is 1. The van der Waals surface area contributed by atoms with Crippen molar-refractivity contribution in [1.82, 2.24) is 9.59 Å². The predicted molar refractivity (Wildman–Crippen MR) is 37.1 cm³/mol. The van der Waals surface area contributed by atoms with Crippen LogP contribution in [0.1, 0.15) is 24.3 Å². The van der Waals surface area contributed by atoms with E-state index >= 15 is 0 Å². The maximum atomic E-state index is 5.67. The molecule has 0 saturated carbocycles. The molecule has 50 valence electrons. The first-order chi connectivity index (χ1) is 4.34. The second kappa shape index (κ2) is 2.89. The van der Waals surface area contributed by atoms with Gasteiger partial charge in [-0.1, -0.05) is 11.4 Å². The van der Waals surface area contributed by atoms with Gasteiger partial charge in [-0.25, -0.2) is 0 Å². The molecule has 0 saturated heterocycles. The van der Waals surface area contributed by atoms with E-state index in [-0.39, 0.29) is 6.04 Å². The maximum absolute atomic E-state index is 5.67. The zero-order valence-corrected chi connectivity index (χ0v) is 6.06. The Morgan fingerprint density at radius 1 is 1.89 bits per heavy atom. The lowest BCUT2D eigenvalue weighted by molar-refractivity contribution is 0.710. The van der Waals surface area contributed by atoms with Gasteiger partial charge in [-0.05, 0) is 18.0 Å². The van der Waals surface area contributed by atoms with Crippen LogP contribution in [-0.2, 0) is 0 Å². The monoisotopic (exact) mass is 143 g/mol. The molecule has 0 aliphatic carbocycles. The minimum absolute atomic E-state index is 0.130. The molecule has 1 rings (SSSR count). The van der Waals surface area contributed by atoms with Crippen LogP contribution in [0.3, 0.4) is 0 Å². The van der Waals surface area contributed by atoms with Gasteiger partial charge in [0.1, 0.15) is 0 Å². The third kappa shape index (κ3) is 1.46. The fourth-order valence-corrected chi connectivity index (χ4v) is 1.12. The first kappa shape index (κ1) is 6.64. The van der Waals surface area contributed by atoms with Crippen molar-refractivity contribution in [3.05, 3.63) is 11.1 Å².